The van der Waals surface area contributed by atoms with Crippen molar-refractivity contribution >= 4 is 0 Å². The van der Waals surface area contributed by atoms with Crippen LogP contribution in [0.4, 0.5) is 0 Å². The van der Waals surface area contributed by atoms with Crippen LogP contribution < -0.4 is 10.7 Å². The zero-order valence-electron chi connectivity index (χ0n) is 11.0. The maximum absolute atomic E-state index is 11.7. The first-order valence-electron chi connectivity index (χ1n) is 6.61. The maximum Gasteiger partial charge on any atom is 0.369 e. The second-order valence-corrected chi connectivity index (χ2v) is 4.99. The predicted molar refractivity (Wildman–Crippen MR) is 73.8 cm³/mol. The molecule has 2 heterocycles. The monoisotopic (exact) mass is 272 g/mol. The molecule has 1 aromatic heterocycles. The lowest BCUT2D eigenvalue weighted by Gasteiger charge is -2.39. The molecule has 0 bridgehead atoms. The minimum atomic E-state index is -0.822. The summed E-state index contributed by atoms with van der Waals surface area (Å²) in [4.78, 5) is 19.2. The molecule has 1 saturated heterocycles. The molecule has 3 rings (SSSR count). The highest BCUT2D eigenvalue weighted by Crippen LogP contribution is 2.31. The van der Waals surface area contributed by atoms with E-state index in [1.807, 2.05) is 35.3 Å². The van der Waals surface area contributed by atoms with Crippen molar-refractivity contribution in [2.24, 2.45) is 0 Å². The van der Waals surface area contributed by atoms with Crippen LogP contribution in [-0.4, -0.2) is 32.8 Å². The summed E-state index contributed by atoms with van der Waals surface area (Å²) in [6.45, 7) is 1.16. The van der Waals surface area contributed by atoms with Gasteiger partial charge in [0.15, 0.2) is 0 Å². The second-order valence-electron chi connectivity index (χ2n) is 4.99. The first-order valence-corrected chi connectivity index (χ1v) is 6.61. The van der Waals surface area contributed by atoms with E-state index in [1.54, 1.807) is 0 Å². The van der Waals surface area contributed by atoms with Crippen molar-refractivity contribution in [1.29, 1.82) is 0 Å². The van der Waals surface area contributed by atoms with E-state index in [4.69, 9.17) is 0 Å². The molecule has 0 unspecified atom stereocenters. The Bertz CT molecular complexity index is 633. The third-order valence-corrected chi connectivity index (χ3v) is 3.79. The van der Waals surface area contributed by atoms with Crippen molar-refractivity contribution in [3.8, 4) is 0 Å². The molecule has 0 amide bonds. The average Bonchev–Trinajstić information content (AvgIpc) is 2.50. The van der Waals surface area contributed by atoms with Gasteiger partial charge in [-0.3, -0.25) is 0 Å². The quantitative estimate of drug-likeness (QED) is 0.849. The number of piperidine rings is 1. The van der Waals surface area contributed by atoms with E-state index in [1.165, 1.54) is 17.3 Å². The fourth-order valence-corrected chi connectivity index (χ4v) is 2.60. The number of rotatable bonds is 2. The lowest BCUT2D eigenvalue weighted by molar-refractivity contribution is 0.00709. The van der Waals surface area contributed by atoms with Gasteiger partial charge in [0.2, 0.25) is 0 Å². The van der Waals surface area contributed by atoms with Gasteiger partial charge in [-0.2, -0.15) is 9.66 Å². The molecule has 0 aliphatic carbocycles. The highest BCUT2D eigenvalue weighted by atomic mass is 16.3. The van der Waals surface area contributed by atoms with Crippen LogP contribution >= 0.6 is 0 Å². The first-order chi connectivity index (χ1) is 9.69. The molecular weight excluding hydrogens is 256 g/mol. The zero-order valence-corrected chi connectivity index (χ0v) is 11.0. The second kappa shape index (κ2) is 5.05. The molecule has 6 heteroatoms. The predicted octanol–water partition coefficient (Wildman–Crippen LogP) is 0.258. The number of hydrogen-bond donors (Lipinski definition) is 1. The van der Waals surface area contributed by atoms with Crippen molar-refractivity contribution in [2.45, 2.75) is 18.4 Å². The van der Waals surface area contributed by atoms with Gasteiger partial charge in [-0.25, -0.2) is 9.78 Å². The van der Waals surface area contributed by atoms with Crippen molar-refractivity contribution < 1.29 is 5.11 Å². The maximum atomic E-state index is 11.7. The molecule has 1 aromatic carbocycles. The van der Waals surface area contributed by atoms with Crippen LogP contribution in [0.3, 0.4) is 0 Å². The van der Waals surface area contributed by atoms with Crippen molar-refractivity contribution in [2.75, 3.05) is 18.1 Å². The molecule has 1 N–H and O–H groups in total. The smallest absolute Gasteiger partial charge is 0.369 e. The third kappa shape index (κ3) is 2.30. The van der Waals surface area contributed by atoms with E-state index in [-0.39, 0.29) is 5.69 Å². The van der Waals surface area contributed by atoms with Crippen molar-refractivity contribution in [3.05, 3.63) is 59.0 Å². The number of aromatic nitrogens is 3. The number of nitrogens with zero attached hydrogens (tertiary/aromatic N) is 4. The van der Waals surface area contributed by atoms with E-state index in [9.17, 15) is 9.90 Å². The van der Waals surface area contributed by atoms with Gasteiger partial charge in [0.05, 0.1) is 5.60 Å². The fourth-order valence-electron chi connectivity index (χ4n) is 2.60. The summed E-state index contributed by atoms with van der Waals surface area (Å²) >= 11 is 0. The lowest BCUT2D eigenvalue weighted by atomic mass is 9.85. The molecule has 6 nitrogen and oxygen atoms in total. The van der Waals surface area contributed by atoms with Crippen LogP contribution in [0.15, 0.2) is 47.8 Å². The van der Waals surface area contributed by atoms with Gasteiger partial charge >= 0.3 is 5.69 Å². The highest BCUT2D eigenvalue weighted by molar-refractivity contribution is 5.23. The number of hydrogen-bond acceptors (Lipinski definition) is 5. The van der Waals surface area contributed by atoms with E-state index >= 15 is 0 Å². The molecule has 1 fully saturated rings. The lowest BCUT2D eigenvalue weighted by Crippen LogP contribution is -2.51. The summed E-state index contributed by atoms with van der Waals surface area (Å²) < 4.78 is 1.41. The molecule has 1 aliphatic heterocycles. The Morgan fingerprint density at radius 2 is 1.85 bits per heavy atom. The van der Waals surface area contributed by atoms with Gasteiger partial charge < -0.3 is 10.1 Å². The third-order valence-electron chi connectivity index (χ3n) is 3.79. The Morgan fingerprint density at radius 1 is 1.15 bits per heavy atom. The van der Waals surface area contributed by atoms with E-state index in [0.29, 0.717) is 25.9 Å². The van der Waals surface area contributed by atoms with Gasteiger partial charge in [0, 0.05) is 13.1 Å². The molecule has 0 atom stereocenters. The summed E-state index contributed by atoms with van der Waals surface area (Å²) in [6, 6.07) is 9.66. The molecule has 1 aliphatic rings. The minimum Gasteiger partial charge on any atom is -0.385 e. The summed E-state index contributed by atoms with van der Waals surface area (Å²) in [5, 5.41) is 12.6. The van der Waals surface area contributed by atoms with Crippen LogP contribution in [0.25, 0.3) is 0 Å². The summed E-state index contributed by atoms with van der Waals surface area (Å²) in [5.41, 5.74) is -0.238. The van der Waals surface area contributed by atoms with Gasteiger partial charge in [-0.05, 0) is 18.4 Å². The van der Waals surface area contributed by atoms with Crippen molar-refractivity contribution in [3.63, 3.8) is 0 Å². The largest absolute Gasteiger partial charge is 0.385 e. The highest BCUT2D eigenvalue weighted by Gasteiger charge is 2.34. The SMILES string of the molecule is O=c1ncncn1N1CCC(O)(c2ccccc2)CC1. The molecule has 0 spiro atoms. The Balaban J connectivity index is 1.77. The molecule has 2 aromatic rings. The zero-order chi connectivity index (χ0) is 14.0. The van der Waals surface area contributed by atoms with Crippen LogP contribution in [-0.2, 0) is 5.60 Å². The summed E-state index contributed by atoms with van der Waals surface area (Å²) in [6.07, 6.45) is 3.84. The fraction of sp³-hybridized carbons (Fsp3) is 0.357. The van der Waals surface area contributed by atoms with Crippen LogP contribution in [0, 0.1) is 0 Å². The molecule has 0 radical (unpaired) electrons. The Kier molecular flexibility index (Phi) is 3.23. The number of aliphatic hydroxyl groups is 1. The van der Waals surface area contributed by atoms with Gasteiger partial charge in [0.1, 0.15) is 12.7 Å². The van der Waals surface area contributed by atoms with E-state index in [0.717, 1.165) is 5.56 Å². The summed E-state index contributed by atoms with van der Waals surface area (Å²) in [7, 11) is 0. The molecule has 0 saturated carbocycles. The first kappa shape index (κ1) is 12.8. The van der Waals surface area contributed by atoms with Gasteiger partial charge in [-0.15, -0.1) is 0 Å². The standard InChI is InChI=1S/C14H16N4O2/c19-13-16-10-15-11-18(13)17-8-6-14(20,7-9-17)12-4-2-1-3-5-12/h1-5,10-11,20H,6-9H2. The van der Waals surface area contributed by atoms with E-state index < -0.39 is 5.60 Å². The topological polar surface area (TPSA) is 71.2 Å². The number of benzene rings is 1. The van der Waals surface area contributed by atoms with Crippen LogP contribution in [0.2, 0.25) is 0 Å². The Labute approximate surface area is 116 Å². The van der Waals surface area contributed by atoms with Gasteiger partial charge in [-0.1, -0.05) is 30.3 Å². The molecule has 104 valence electrons. The Morgan fingerprint density at radius 3 is 2.50 bits per heavy atom. The van der Waals surface area contributed by atoms with Crippen LogP contribution in [0.5, 0.6) is 0 Å². The normalized spacial score (nSPS) is 17.9. The average molecular weight is 272 g/mol. The minimum absolute atomic E-state index is 0.342. The molecular formula is C14H16N4O2. The van der Waals surface area contributed by atoms with E-state index in [2.05, 4.69) is 9.97 Å². The van der Waals surface area contributed by atoms with Crippen molar-refractivity contribution in [1.82, 2.24) is 14.6 Å². The Hall–Kier alpha value is -2.21. The molecule has 20 heavy (non-hydrogen) atoms. The summed E-state index contributed by atoms with van der Waals surface area (Å²) in [5.74, 6) is 0. The van der Waals surface area contributed by atoms with Crippen LogP contribution in [0.1, 0.15) is 18.4 Å². The van der Waals surface area contributed by atoms with Gasteiger partial charge in [0.25, 0.3) is 0 Å².